The third-order valence-corrected chi connectivity index (χ3v) is 3.21. The van der Waals surface area contributed by atoms with E-state index in [4.69, 9.17) is 27.9 Å². The number of halogens is 2. The van der Waals surface area contributed by atoms with Crippen LogP contribution in [0.25, 0.3) is 0 Å². The molecule has 0 bridgehead atoms. The maximum Gasteiger partial charge on any atom is 0.160 e. The molecule has 0 heterocycles. The SMILES string of the molecule is COc1cc(CNc2ccc(Cl)cc2Cl)ccc1O. The van der Waals surface area contributed by atoms with E-state index >= 15 is 0 Å². The van der Waals surface area contributed by atoms with Crippen molar-refractivity contribution in [3.05, 3.63) is 52.0 Å². The van der Waals surface area contributed by atoms with E-state index in [1.54, 1.807) is 24.3 Å². The number of phenols is 1. The highest BCUT2D eigenvalue weighted by molar-refractivity contribution is 6.36. The van der Waals surface area contributed by atoms with Crippen molar-refractivity contribution in [3.63, 3.8) is 0 Å². The number of hydrogen-bond acceptors (Lipinski definition) is 3. The van der Waals surface area contributed by atoms with E-state index in [1.165, 1.54) is 7.11 Å². The topological polar surface area (TPSA) is 41.5 Å². The Bertz CT molecular complexity index is 588. The zero-order chi connectivity index (χ0) is 13.8. The van der Waals surface area contributed by atoms with Gasteiger partial charge in [0.1, 0.15) is 0 Å². The molecule has 2 rings (SSSR count). The van der Waals surface area contributed by atoms with Crippen molar-refractivity contribution in [1.82, 2.24) is 0 Å². The molecule has 2 aromatic rings. The number of ether oxygens (including phenoxy) is 1. The Morgan fingerprint density at radius 2 is 1.95 bits per heavy atom. The molecule has 3 nitrogen and oxygen atoms in total. The minimum atomic E-state index is 0.121. The predicted octanol–water partition coefficient (Wildman–Crippen LogP) is 4.32. The van der Waals surface area contributed by atoms with Gasteiger partial charge in [0.05, 0.1) is 17.8 Å². The van der Waals surface area contributed by atoms with Crippen molar-refractivity contribution < 1.29 is 9.84 Å². The standard InChI is InChI=1S/C14H13Cl2NO2/c1-19-14-6-9(2-5-13(14)18)8-17-12-4-3-10(15)7-11(12)16/h2-7,17-18H,8H2,1H3. The zero-order valence-corrected chi connectivity index (χ0v) is 11.8. The molecule has 0 fully saturated rings. The van der Waals surface area contributed by atoms with Crippen LogP contribution in [0.5, 0.6) is 11.5 Å². The summed E-state index contributed by atoms with van der Waals surface area (Å²) in [6, 6.07) is 10.5. The first kappa shape index (κ1) is 13.8. The van der Waals surface area contributed by atoms with Crippen molar-refractivity contribution in [2.45, 2.75) is 6.54 Å². The van der Waals surface area contributed by atoms with Crippen LogP contribution in [0.15, 0.2) is 36.4 Å². The number of aromatic hydroxyl groups is 1. The van der Waals surface area contributed by atoms with Crippen molar-refractivity contribution in [3.8, 4) is 11.5 Å². The minimum absolute atomic E-state index is 0.121. The highest BCUT2D eigenvalue weighted by Gasteiger charge is 2.04. The molecule has 5 heteroatoms. The van der Waals surface area contributed by atoms with Gasteiger partial charge in [-0.2, -0.15) is 0 Å². The van der Waals surface area contributed by atoms with Crippen LogP contribution in [-0.4, -0.2) is 12.2 Å². The summed E-state index contributed by atoms with van der Waals surface area (Å²) in [6.07, 6.45) is 0. The summed E-state index contributed by atoms with van der Waals surface area (Å²) >= 11 is 11.9. The van der Waals surface area contributed by atoms with Gasteiger partial charge in [-0.1, -0.05) is 29.3 Å². The fraction of sp³-hybridized carbons (Fsp3) is 0.143. The van der Waals surface area contributed by atoms with Crippen LogP contribution in [0, 0.1) is 0 Å². The Balaban J connectivity index is 2.10. The van der Waals surface area contributed by atoms with E-state index in [2.05, 4.69) is 5.32 Å². The zero-order valence-electron chi connectivity index (χ0n) is 10.3. The first-order chi connectivity index (χ1) is 9.10. The molecule has 0 aromatic heterocycles. The molecule has 0 atom stereocenters. The summed E-state index contributed by atoms with van der Waals surface area (Å²) in [4.78, 5) is 0. The number of rotatable bonds is 4. The van der Waals surface area contributed by atoms with Crippen LogP contribution in [0.4, 0.5) is 5.69 Å². The van der Waals surface area contributed by atoms with E-state index in [0.29, 0.717) is 22.3 Å². The molecule has 19 heavy (non-hydrogen) atoms. The lowest BCUT2D eigenvalue weighted by atomic mass is 10.2. The van der Waals surface area contributed by atoms with Crippen LogP contribution >= 0.6 is 23.2 Å². The number of methoxy groups -OCH3 is 1. The highest BCUT2D eigenvalue weighted by atomic mass is 35.5. The van der Waals surface area contributed by atoms with Gasteiger partial charge in [0, 0.05) is 11.6 Å². The van der Waals surface area contributed by atoms with E-state index in [1.807, 2.05) is 12.1 Å². The number of nitrogens with one attached hydrogen (secondary N) is 1. The molecule has 0 amide bonds. The summed E-state index contributed by atoms with van der Waals surface area (Å²) < 4.78 is 5.06. The van der Waals surface area contributed by atoms with Gasteiger partial charge >= 0.3 is 0 Å². The van der Waals surface area contributed by atoms with Crippen LogP contribution in [0.1, 0.15) is 5.56 Å². The molecule has 2 aromatic carbocycles. The summed E-state index contributed by atoms with van der Waals surface area (Å²) in [5, 5.41) is 13.9. The van der Waals surface area contributed by atoms with Gasteiger partial charge in [-0.25, -0.2) is 0 Å². The Hall–Kier alpha value is -1.58. The smallest absolute Gasteiger partial charge is 0.160 e. The Morgan fingerprint density at radius 3 is 2.63 bits per heavy atom. The molecule has 0 saturated heterocycles. The lowest BCUT2D eigenvalue weighted by molar-refractivity contribution is 0.373. The fourth-order valence-electron chi connectivity index (χ4n) is 1.66. The second-order valence-electron chi connectivity index (χ2n) is 3.98. The monoisotopic (exact) mass is 297 g/mol. The van der Waals surface area contributed by atoms with Crippen molar-refractivity contribution >= 4 is 28.9 Å². The van der Waals surface area contributed by atoms with Gasteiger partial charge in [0.2, 0.25) is 0 Å². The maximum atomic E-state index is 9.51. The first-order valence-electron chi connectivity index (χ1n) is 5.65. The fourth-order valence-corrected chi connectivity index (χ4v) is 2.14. The molecular formula is C14H13Cl2NO2. The van der Waals surface area contributed by atoms with Crippen molar-refractivity contribution in [2.24, 2.45) is 0 Å². The molecular weight excluding hydrogens is 285 g/mol. The lowest BCUT2D eigenvalue weighted by Gasteiger charge is -2.10. The van der Waals surface area contributed by atoms with Crippen LogP contribution in [0.3, 0.4) is 0 Å². The average Bonchev–Trinajstić information content (AvgIpc) is 2.39. The Labute approximate surface area is 121 Å². The second kappa shape index (κ2) is 6.04. The first-order valence-corrected chi connectivity index (χ1v) is 6.40. The van der Waals surface area contributed by atoms with Crippen molar-refractivity contribution in [2.75, 3.05) is 12.4 Å². The van der Waals surface area contributed by atoms with Crippen molar-refractivity contribution in [1.29, 1.82) is 0 Å². The highest BCUT2D eigenvalue weighted by Crippen LogP contribution is 2.28. The van der Waals surface area contributed by atoms with Gasteiger partial charge in [0.15, 0.2) is 11.5 Å². The Morgan fingerprint density at radius 1 is 1.16 bits per heavy atom. The quantitative estimate of drug-likeness (QED) is 0.883. The normalized spacial score (nSPS) is 10.3. The van der Waals surface area contributed by atoms with Gasteiger partial charge in [-0.15, -0.1) is 0 Å². The number of anilines is 1. The molecule has 0 unspecified atom stereocenters. The third-order valence-electron chi connectivity index (χ3n) is 2.66. The average molecular weight is 298 g/mol. The molecule has 2 N–H and O–H groups in total. The van der Waals surface area contributed by atoms with Gasteiger partial charge in [0.25, 0.3) is 0 Å². The summed E-state index contributed by atoms with van der Waals surface area (Å²) in [5.74, 6) is 0.567. The molecule has 0 aliphatic rings. The van der Waals surface area contributed by atoms with Gasteiger partial charge in [-0.3, -0.25) is 0 Å². The predicted molar refractivity (Wildman–Crippen MR) is 78.4 cm³/mol. The molecule has 0 radical (unpaired) electrons. The molecule has 0 aliphatic heterocycles. The lowest BCUT2D eigenvalue weighted by Crippen LogP contribution is -2.00. The van der Waals surface area contributed by atoms with Gasteiger partial charge < -0.3 is 15.2 Å². The molecule has 0 saturated carbocycles. The third kappa shape index (κ3) is 3.46. The summed E-state index contributed by atoms with van der Waals surface area (Å²) in [6.45, 7) is 0.567. The van der Waals surface area contributed by atoms with E-state index in [0.717, 1.165) is 11.3 Å². The van der Waals surface area contributed by atoms with E-state index in [9.17, 15) is 5.11 Å². The second-order valence-corrected chi connectivity index (χ2v) is 4.83. The number of hydrogen-bond donors (Lipinski definition) is 2. The van der Waals surface area contributed by atoms with Crippen LogP contribution in [0.2, 0.25) is 10.0 Å². The van der Waals surface area contributed by atoms with Crippen LogP contribution < -0.4 is 10.1 Å². The summed E-state index contributed by atoms with van der Waals surface area (Å²) in [7, 11) is 1.52. The summed E-state index contributed by atoms with van der Waals surface area (Å²) in [5.41, 5.74) is 1.78. The van der Waals surface area contributed by atoms with Crippen LogP contribution in [-0.2, 0) is 6.54 Å². The van der Waals surface area contributed by atoms with E-state index in [-0.39, 0.29) is 5.75 Å². The molecule has 100 valence electrons. The minimum Gasteiger partial charge on any atom is -0.504 e. The number of phenolic OH excluding ortho intramolecular Hbond substituents is 1. The largest absolute Gasteiger partial charge is 0.504 e. The number of benzene rings is 2. The van der Waals surface area contributed by atoms with Gasteiger partial charge in [-0.05, 0) is 35.9 Å². The van der Waals surface area contributed by atoms with E-state index < -0.39 is 0 Å². The molecule has 0 spiro atoms. The Kier molecular flexibility index (Phi) is 4.40. The maximum absolute atomic E-state index is 9.51. The molecule has 0 aliphatic carbocycles.